The first-order valence-corrected chi connectivity index (χ1v) is 6.83. The molecule has 1 aromatic carbocycles. The predicted molar refractivity (Wildman–Crippen MR) is 71.3 cm³/mol. The quantitative estimate of drug-likeness (QED) is 0.781. The lowest BCUT2D eigenvalue weighted by Crippen LogP contribution is -2.11. The third kappa shape index (κ3) is 1.35. The Morgan fingerprint density at radius 1 is 1.45 bits per heavy atom. The van der Waals surface area contributed by atoms with Crippen LogP contribution in [0, 0.1) is 11.3 Å². The molecule has 0 saturated heterocycles. The van der Waals surface area contributed by atoms with Gasteiger partial charge in [0.25, 0.3) is 0 Å². The Morgan fingerprint density at radius 2 is 2.35 bits per heavy atom. The van der Waals surface area contributed by atoms with E-state index in [-0.39, 0.29) is 18.1 Å². The molecule has 1 heterocycles. The van der Waals surface area contributed by atoms with Gasteiger partial charge in [0.05, 0.1) is 6.07 Å². The van der Waals surface area contributed by atoms with Gasteiger partial charge in [0.15, 0.2) is 17.2 Å². The molecule has 1 atom stereocenters. The molecule has 0 amide bonds. The van der Waals surface area contributed by atoms with Crippen LogP contribution in [-0.2, 0) is 6.42 Å². The van der Waals surface area contributed by atoms with E-state index in [2.05, 4.69) is 11.2 Å². The van der Waals surface area contributed by atoms with E-state index in [0.717, 1.165) is 36.1 Å². The lowest BCUT2D eigenvalue weighted by atomic mass is 9.81. The topological polar surface area (TPSA) is 66.9 Å². The van der Waals surface area contributed by atoms with E-state index in [1.54, 1.807) is 0 Å². The van der Waals surface area contributed by atoms with E-state index in [1.165, 1.54) is 11.1 Å². The highest BCUT2D eigenvalue weighted by atomic mass is 16.5. The molecule has 0 fully saturated rings. The van der Waals surface area contributed by atoms with Gasteiger partial charge in [-0.05, 0) is 30.4 Å². The number of fused-ring (bicyclic) bond motifs is 3. The van der Waals surface area contributed by atoms with Crippen molar-refractivity contribution in [2.24, 2.45) is 0 Å². The molecule has 4 rings (SSSR count). The smallest absolute Gasteiger partial charge is 0.199 e. The van der Waals surface area contributed by atoms with Crippen LogP contribution >= 0.6 is 0 Å². The van der Waals surface area contributed by atoms with Crippen LogP contribution in [0.5, 0.6) is 0 Å². The second kappa shape index (κ2) is 4.04. The molecule has 0 aliphatic heterocycles. The zero-order valence-electron chi connectivity index (χ0n) is 10.8. The number of carbonyl (C=O) groups excluding carboxylic acids is 1. The number of hydrogen-bond acceptors (Lipinski definition) is 4. The van der Waals surface area contributed by atoms with Gasteiger partial charge < -0.3 is 4.52 Å². The number of carbonyl (C=O) groups is 1. The van der Waals surface area contributed by atoms with Crippen LogP contribution in [0.15, 0.2) is 22.7 Å². The number of nitrogens with zero attached hydrogens (tertiary/aromatic N) is 2. The van der Waals surface area contributed by atoms with E-state index in [4.69, 9.17) is 9.78 Å². The Balaban J connectivity index is 1.93. The highest BCUT2D eigenvalue weighted by Gasteiger charge is 2.39. The summed E-state index contributed by atoms with van der Waals surface area (Å²) in [7, 11) is 0. The monoisotopic (exact) mass is 264 g/mol. The first-order valence-electron chi connectivity index (χ1n) is 6.83. The fourth-order valence-corrected chi connectivity index (χ4v) is 3.54. The Morgan fingerprint density at radius 3 is 3.20 bits per heavy atom. The zero-order valence-corrected chi connectivity index (χ0v) is 10.8. The highest BCUT2D eigenvalue weighted by molar-refractivity contribution is 5.99. The molecule has 1 unspecified atom stereocenters. The summed E-state index contributed by atoms with van der Waals surface area (Å²) in [4.78, 5) is 12.0. The first-order chi connectivity index (χ1) is 9.81. The molecular formula is C16H12N2O2. The lowest BCUT2D eigenvalue weighted by Gasteiger charge is -2.22. The van der Waals surface area contributed by atoms with Crippen molar-refractivity contribution in [2.45, 2.75) is 31.6 Å². The van der Waals surface area contributed by atoms with Crippen LogP contribution in [0.3, 0.4) is 0 Å². The van der Waals surface area contributed by atoms with E-state index in [9.17, 15) is 4.79 Å². The van der Waals surface area contributed by atoms with Crippen molar-refractivity contribution in [3.05, 3.63) is 40.6 Å². The fraction of sp³-hybridized carbons (Fsp3) is 0.312. The van der Waals surface area contributed by atoms with Gasteiger partial charge >= 0.3 is 0 Å². The summed E-state index contributed by atoms with van der Waals surface area (Å²) in [5.41, 5.74) is 5.00. The molecule has 4 heteroatoms. The second-order valence-corrected chi connectivity index (χ2v) is 5.36. The van der Waals surface area contributed by atoms with Crippen LogP contribution in [0.1, 0.15) is 52.4 Å². The number of aromatic nitrogens is 1. The van der Waals surface area contributed by atoms with E-state index in [0.29, 0.717) is 5.69 Å². The van der Waals surface area contributed by atoms with E-state index in [1.807, 2.05) is 18.2 Å². The molecule has 0 saturated carbocycles. The molecular weight excluding hydrogens is 252 g/mol. The minimum absolute atomic E-state index is 0.144. The van der Waals surface area contributed by atoms with Gasteiger partial charge in [-0.15, -0.1) is 0 Å². The maximum Gasteiger partial charge on any atom is 0.199 e. The number of benzene rings is 1. The summed E-state index contributed by atoms with van der Waals surface area (Å²) < 4.78 is 5.44. The van der Waals surface area contributed by atoms with Gasteiger partial charge in [-0.1, -0.05) is 23.4 Å². The van der Waals surface area contributed by atoms with Crippen molar-refractivity contribution in [1.29, 1.82) is 5.26 Å². The van der Waals surface area contributed by atoms with Crippen LogP contribution < -0.4 is 0 Å². The Labute approximate surface area is 116 Å². The number of Topliss-reactive ketones (excluding diaryl/α,β-unsaturated/α-hetero) is 1. The molecule has 98 valence electrons. The molecule has 1 aromatic heterocycles. The van der Waals surface area contributed by atoms with E-state index >= 15 is 0 Å². The van der Waals surface area contributed by atoms with Gasteiger partial charge in [-0.3, -0.25) is 4.79 Å². The molecule has 0 spiro atoms. The number of aryl methyl sites for hydroxylation is 1. The summed E-state index contributed by atoms with van der Waals surface area (Å²) in [5.74, 6) is 0.710. The predicted octanol–water partition coefficient (Wildman–Crippen LogP) is 3.22. The van der Waals surface area contributed by atoms with Gasteiger partial charge in [0.1, 0.15) is 6.42 Å². The third-order valence-corrected chi connectivity index (χ3v) is 4.31. The summed E-state index contributed by atoms with van der Waals surface area (Å²) >= 11 is 0. The minimum Gasteiger partial charge on any atom is -0.355 e. The maximum absolute atomic E-state index is 12.0. The number of rotatable bonds is 2. The van der Waals surface area contributed by atoms with E-state index < -0.39 is 0 Å². The third-order valence-electron chi connectivity index (χ3n) is 4.31. The highest BCUT2D eigenvalue weighted by Crippen LogP contribution is 2.52. The molecule has 4 nitrogen and oxygen atoms in total. The molecule has 0 bridgehead atoms. The van der Waals surface area contributed by atoms with Crippen molar-refractivity contribution in [2.75, 3.05) is 0 Å². The average molecular weight is 264 g/mol. The standard InChI is InChI=1S/C16H12N2O2/c17-8-7-12(19)15-14-10-5-1-3-9-4-2-6-11(13(9)10)16(14)20-18-15/h2,4,6,10H,1,3,5,7H2. The summed E-state index contributed by atoms with van der Waals surface area (Å²) in [6, 6.07) is 8.12. The average Bonchev–Trinajstić information content (AvgIpc) is 3.02. The first kappa shape index (κ1) is 11.4. The Kier molecular flexibility index (Phi) is 2.31. The molecule has 2 aliphatic rings. The Hall–Kier alpha value is -2.41. The number of ketones is 1. The summed E-state index contributed by atoms with van der Waals surface area (Å²) in [6.07, 6.45) is 3.07. The second-order valence-electron chi connectivity index (χ2n) is 5.36. The van der Waals surface area contributed by atoms with Crippen molar-refractivity contribution in [3.8, 4) is 17.4 Å². The summed E-state index contributed by atoms with van der Waals surface area (Å²) in [6.45, 7) is 0. The fourth-order valence-electron chi connectivity index (χ4n) is 3.54. The van der Waals surface area contributed by atoms with Crippen molar-refractivity contribution in [1.82, 2.24) is 5.16 Å². The maximum atomic E-state index is 12.0. The van der Waals surface area contributed by atoms with Crippen LogP contribution in [-0.4, -0.2) is 10.9 Å². The van der Waals surface area contributed by atoms with Crippen LogP contribution in [0.2, 0.25) is 0 Å². The van der Waals surface area contributed by atoms with Gasteiger partial charge in [-0.2, -0.15) is 5.26 Å². The molecule has 2 aliphatic carbocycles. The molecule has 0 radical (unpaired) electrons. The van der Waals surface area contributed by atoms with Gasteiger partial charge in [-0.25, -0.2) is 0 Å². The van der Waals surface area contributed by atoms with Gasteiger partial charge in [0, 0.05) is 17.0 Å². The van der Waals surface area contributed by atoms with Crippen molar-refractivity contribution >= 4 is 5.78 Å². The summed E-state index contributed by atoms with van der Waals surface area (Å²) in [5, 5.41) is 12.6. The van der Waals surface area contributed by atoms with Crippen LogP contribution in [0.4, 0.5) is 0 Å². The van der Waals surface area contributed by atoms with Crippen molar-refractivity contribution < 1.29 is 9.32 Å². The molecule has 2 aromatic rings. The minimum atomic E-state index is -0.238. The molecule has 0 N–H and O–H groups in total. The normalized spacial score (nSPS) is 18.2. The molecule has 20 heavy (non-hydrogen) atoms. The number of nitriles is 1. The SMILES string of the molecule is N#CCC(=O)c1noc2c1C1CCCc3cccc-2c31. The van der Waals surface area contributed by atoms with Crippen molar-refractivity contribution in [3.63, 3.8) is 0 Å². The zero-order chi connectivity index (χ0) is 13.7. The van der Waals surface area contributed by atoms with Crippen LogP contribution in [0.25, 0.3) is 11.3 Å². The lowest BCUT2D eigenvalue weighted by molar-refractivity contribution is 0.0988. The largest absolute Gasteiger partial charge is 0.355 e. The van der Waals surface area contributed by atoms with Gasteiger partial charge in [0.2, 0.25) is 0 Å². The Bertz CT molecular complexity index is 767. The number of hydrogen-bond donors (Lipinski definition) is 0.